The molecule has 2 amide bonds. The Hall–Kier alpha value is -2.71. The van der Waals surface area contributed by atoms with Crippen LogP contribution in [-0.4, -0.2) is 33.9 Å². The zero-order chi connectivity index (χ0) is 16.4. The SMILES string of the molecule is COc1cc(F)c(NC(=O)NC2CCc3ncnn3C2)cc1F. The predicted octanol–water partition coefficient (Wildman–Crippen LogP) is 1.70. The van der Waals surface area contributed by atoms with Crippen LogP contribution in [0.25, 0.3) is 0 Å². The zero-order valence-electron chi connectivity index (χ0n) is 12.3. The second-order valence-corrected chi connectivity index (χ2v) is 5.16. The minimum Gasteiger partial charge on any atom is -0.494 e. The minimum atomic E-state index is -0.777. The highest BCUT2D eigenvalue weighted by atomic mass is 19.1. The summed E-state index contributed by atoms with van der Waals surface area (Å²) >= 11 is 0. The first-order valence-electron chi connectivity index (χ1n) is 7.04. The monoisotopic (exact) mass is 323 g/mol. The number of aromatic nitrogens is 3. The van der Waals surface area contributed by atoms with E-state index in [0.29, 0.717) is 19.4 Å². The van der Waals surface area contributed by atoms with Crippen molar-refractivity contribution in [3.63, 3.8) is 0 Å². The van der Waals surface area contributed by atoms with Gasteiger partial charge in [0, 0.05) is 18.6 Å². The van der Waals surface area contributed by atoms with Crippen LogP contribution >= 0.6 is 0 Å². The van der Waals surface area contributed by atoms with Crippen LogP contribution in [0.15, 0.2) is 18.5 Å². The van der Waals surface area contributed by atoms with Crippen molar-refractivity contribution in [2.45, 2.75) is 25.4 Å². The third-order valence-corrected chi connectivity index (χ3v) is 3.63. The quantitative estimate of drug-likeness (QED) is 0.901. The second kappa shape index (κ2) is 6.19. The number of ether oxygens (including phenoxy) is 1. The van der Waals surface area contributed by atoms with E-state index in [2.05, 4.69) is 25.5 Å². The minimum absolute atomic E-state index is 0.157. The number of halogens is 2. The molecular weight excluding hydrogens is 308 g/mol. The first-order valence-corrected chi connectivity index (χ1v) is 7.04. The summed E-state index contributed by atoms with van der Waals surface area (Å²) in [4.78, 5) is 16.1. The smallest absolute Gasteiger partial charge is 0.319 e. The third kappa shape index (κ3) is 3.22. The summed E-state index contributed by atoms with van der Waals surface area (Å²) < 4.78 is 33.8. The maximum atomic E-state index is 13.8. The van der Waals surface area contributed by atoms with Crippen LogP contribution < -0.4 is 15.4 Å². The first kappa shape index (κ1) is 15.2. The van der Waals surface area contributed by atoms with Gasteiger partial charge in [0.1, 0.15) is 12.2 Å². The number of carbonyl (C=O) groups is 1. The molecule has 122 valence electrons. The summed E-state index contributed by atoms with van der Waals surface area (Å²) in [6, 6.07) is 0.995. The third-order valence-electron chi connectivity index (χ3n) is 3.63. The molecule has 0 bridgehead atoms. The van der Waals surface area contributed by atoms with Gasteiger partial charge in [-0.25, -0.2) is 23.2 Å². The molecule has 1 aromatic carbocycles. The number of methoxy groups -OCH3 is 1. The molecule has 1 aliphatic rings. The number of benzene rings is 1. The molecule has 1 atom stereocenters. The Bertz CT molecular complexity index is 734. The standard InChI is InChI=1S/C14H15F2N5O2/c1-23-12-5-9(15)11(4-10(12)16)20-14(22)19-8-2-3-13-17-7-18-21(13)6-8/h4-5,7-8H,2-3,6H2,1H3,(H2,19,20,22). The predicted molar refractivity (Wildman–Crippen MR) is 77.2 cm³/mol. The fraction of sp³-hybridized carbons (Fsp3) is 0.357. The number of aryl methyl sites for hydroxylation is 1. The summed E-state index contributed by atoms with van der Waals surface area (Å²) in [5.74, 6) is -0.888. The number of anilines is 1. The van der Waals surface area contributed by atoms with Gasteiger partial charge in [-0.15, -0.1) is 0 Å². The number of nitrogens with one attached hydrogen (secondary N) is 2. The molecule has 2 aromatic rings. The number of nitrogens with zero attached hydrogens (tertiary/aromatic N) is 3. The number of fused-ring (bicyclic) bond motifs is 1. The number of carbonyl (C=O) groups excluding carboxylic acids is 1. The average molecular weight is 323 g/mol. The molecule has 0 radical (unpaired) electrons. The number of urea groups is 1. The lowest BCUT2D eigenvalue weighted by Gasteiger charge is -2.23. The van der Waals surface area contributed by atoms with Crippen molar-refractivity contribution in [2.75, 3.05) is 12.4 Å². The molecule has 9 heteroatoms. The molecule has 1 unspecified atom stereocenters. The van der Waals surface area contributed by atoms with Gasteiger partial charge < -0.3 is 15.4 Å². The molecule has 1 aliphatic heterocycles. The Labute approximate surface area is 130 Å². The number of hydrogen-bond donors (Lipinski definition) is 2. The Kier molecular flexibility index (Phi) is 4.09. The Morgan fingerprint density at radius 1 is 1.39 bits per heavy atom. The number of amides is 2. The highest BCUT2D eigenvalue weighted by molar-refractivity contribution is 5.89. The van der Waals surface area contributed by atoms with Crippen molar-refractivity contribution in [3.05, 3.63) is 35.9 Å². The highest BCUT2D eigenvalue weighted by Crippen LogP contribution is 2.24. The van der Waals surface area contributed by atoms with Gasteiger partial charge in [-0.3, -0.25) is 0 Å². The topological polar surface area (TPSA) is 81.1 Å². The van der Waals surface area contributed by atoms with Crippen LogP contribution in [0.4, 0.5) is 19.3 Å². The Morgan fingerprint density at radius 2 is 2.22 bits per heavy atom. The second-order valence-electron chi connectivity index (χ2n) is 5.16. The van der Waals surface area contributed by atoms with Crippen molar-refractivity contribution in [1.82, 2.24) is 20.1 Å². The van der Waals surface area contributed by atoms with Crippen molar-refractivity contribution in [3.8, 4) is 5.75 Å². The van der Waals surface area contributed by atoms with Gasteiger partial charge in [0.05, 0.1) is 25.4 Å². The first-order chi connectivity index (χ1) is 11.1. The van der Waals surface area contributed by atoms with Crippen LogP contribution in [0.5, 0.6) is 5.75 Å². The molecule has 2 N–H and O–H groups in total. The Balaban J connectivity index is 1.63. The molecule has 0 fully saturated rings. The molecular formula is C14H15F2N5O2. The maximum absolute atomic E-state index is 13.8. The van der Waals surface area contributed by atoms with Crippen molar-refractivity contribution < 1.29 is 18.3 Å². The van der Waals surface area contributed by atoms with E-state index in [-0.39, 0.29) is 17.5 Å². The summed E-state index contributed by atoms with van der Waals surface area (Å²) in [6.07, 6.45) is 2.86. The lowest BCUT2D eigenvalue weighted by Crippen LogP contribution is -2.43. The fourth-order valence-corrected chi connectivity index (χ4v) is 2.48. The van der Waals surface area contributed by atoms with E-state index in [4.69, 9.17) is 0 Å². The van der Waals surface area contributed by atoms with E-state index in [1.54, 1.807) is 4.68 Å². The van der Waals surface area contributed by atoms with E-state index in [0.717, 1.165) is 18.0 Å². The molecule has 3 rings (SSSR count). The van der Waals surface area contributed by atoms with Crippen molar-refractivity contribution >= 4 is 11.7 Å². The van der Waals surface area contributed by atoms with E-state index < -0.39 is 17.7 Å². The zero-order valence-corrected chi connectivity index (χ0v) is 12.3. The molecule has 23 heavy (non-hydrogen) atoms. The van der Waals surface area contributed by atoms with Crippen LogP contribution in [0.2, 0.25) is 0 Å². The van der Waals surface area contributed by atoms with Gasteiger partial charge in [-0.05, 0) is 6.42 Å². The van der Waals surface area contributed by atoms with E-state index in [1.807, 2.05) is 0 Å². The van der Waals surface area contributed by atoms with E-state index in [9.17, 15) is 13.6 Å². The molecule has 7 nitrogen and oxygen atoms in total. The van der Waals surface area contributed by atoms with Gasteiger partial charge >= 0.3 is 6.03 Å². The summed E-state index contributed by atoms with van der Waals surface area (Å²) in [5, 5.41) is 9.07. The molecule has 0 spiro atoms. The van der Waals surface area contributed by atoms with Gasteiger partial charge in [0.15, 0.2) is 17.4 Å². The lowest BCUT2D eigenvalue weighted by atomic mass is 10.1. The maximum Gasteiger partial charge on any atom is 0.319 e. The van der Waals surface area contributed by atoms with Gasteiger partial charge in [0.25, 0.3) is 0 Å². The average Bonchev–Trinajstić information content (AvgIpc) is 2.98. The van der Waals surface area contributed by atoms with Gasteiger partial charge in [-0.2, -0.15) is 5.10 Å². The molecule has 0 saturated heterocycles. The van der Waals surface area contributed by atoms with E-state index in [1.165, 1.54) is 13.4 Å². The van der Waals surface area contributed by atoms with Gasteiger partial charge in [0.2, 0.25) is 0 Å². The largest absolute Gasteiger partial charge is 0.494 e. The lowest BCUT2D eigenvalue weighted by molar-refractivity contribution is 0.243. The highest BCUT2D eigenvalue weighted by Gasteiger charge is 2.22. The van der Waals surface area contributed by atoms with E-state index >= 15 is 0 Å². The molecule has 0 saturated carbocycles. The van der Waals surface area contributed by atoms with Crippen LogP contribution in [-0.2, 0) is 13.0 Å². The molecule has 2 heterocycles. The van der Waals surface area contributed by atoms with Crippen LogP contribution in [0.3, 0.4) is 0 Å². The summed E-state index contributed by atoms with van der Waals surface area (Å²) in [7, 11) is 1.24. The Morgan fingerprint density at radius 3 is 3.00 bits per heavy atom. The number of hydrogen-bond acceptors (Lipinski definition) is 4. The van der Waals surface area contributed by atoms with Crippen molar-refractivity contribution in [2.24, 2.45) is 0 Å². The van der Waals surface area contributed by atoms with Crippen LogP contribution in [0, 0.1) is 11.6 Å². The summed E-state index contributed by atoms with van der Waals surface area (Å²) in [5.41, 5.74) is -0.252. The summed E-state index contributed by atoms with van der Waals surface area (Å²) in [6.45, 7) is 0.488. The van der Waals surface area contributed by atoms with Crippen LogP contribution in [0.1, 0.15) is 12.2 Å². The fourth-order valence-electron chi connectivity index (χ4n) is 2.48. The van der Waals surface area contributed by atoms with Gasteiger partial charge in [-0.1, -0.05) is 0 Å². The normalized spacial score (nSPS) is 16.6. The molecule has 1 aromatic heterocycles. The molecule has 0 aliphatic carbocycles. The van der Waals surface area contributed by atoms with Crippen molar-refractivity contribution in [1.29, 1.82) is 0 Å². The number of rotatable bonds is 3.